The van der Waals surface area contributed by atoms with Crippen LogP contribution in [-0.2, 0) is 6.42 Å². The van der Waals surface area contributed by atoms with E-state index >= 15 is 0 Å². The maximum absolute atomic E-state index is 6.89. The number of anilines is 12. The van der Waals surface area contributed by atoms with Crippen molar-refractivity contribution < 1.29 is 17.7 Å². The predicted molar refractivity (Wildman–Crippen MR) is 623 cm³/mol. The van der Waals surface area contributed by atoms with Crippen LogP contribution in [0.2, 0.25) is 0 Å². The average molecular weight is 1930 g/mol. The molecule has 4 aliphatic rings. The Balaban J connectivity index is 0.000000131. The summed E-state index contributed by atoms with van der Waals surface area (Å²) in [6, 6.07) is 167. The molecule has 3 fully saturated rings. The molecule has 148 heavy (non-hydrogen) atoms. The van der Waals surface area contributed by atoms with Crippen molar-refractivity contribution >= 4 is 279 Å². The van der Waals surface area contributed by atoms with E-state index in [1.807, 2.05) is 34.8 Å². The fourth-order valence-electron chi connectivity index (χ4n) is 26.3. The second kappa shape index (κ2) is 32.2. The van der Waals surface area contributed by atoms with Gasteiger partial charge in [-0.1, -0.05) is 339 Å². The van der Waals surface area contributed by atoms with Crippen molar-refractivity contribution in [1.29, 1.82) is 0 Å². The molecule has 0 radical (unpaired) electrons. The molecule has 29 aromatic rings. The SMILES string of the molecule is C1=C2C3CC34CCC2(Cc2cccc(N(c3ccc5c(c3)sc3c6ccc(N(c7cccc8ccccc78)c7cccc8c7oc7ccccc78)cc6c6ccccc6c53)c3cccc5c3oc3ccccc35)c21)C4.c1ccc(-c2ccc(N(c3ccc4c(c3)sc3c5ccc(N(c6ccc(-c7ccccc7)cc6)c6cccc7c6oc6ccccc67)cc5c5ccccc5c43)c3cccc4c3oc3ccccc34)cc2)cc1. The Hall–Kier alpha value is -18.1. The van der Waals surface area contributed by atoms with Crippen LogP contribution < -0.4 is 19.6 Å². The Kier molecular flexibility index (Phi) is 18.2. The summed E-state index contributed by atoms with van der Waals surface area (Å²) in [5.41, 5.74) is 30.1. The first-order valence-corrected chi connectivity index (χ1v) is 53.0. The van der Waals surface area contributed by atoms with E-state index in [9.17, 15) is 0 Å². The van der Waals surface area contributed by atoms with E-state index in [0.717, 1.165) is 163 Å². The Morgan fingerprint density at radius 2 is 0.574 bits per heavy atom. The molecule has 10 heteroatoms. The first-order chi connectivity index (χ1) is 73.3. The van der Waals surface area contributed by atoms with E-state index < -0.39 is 0 Å². The van der Waals surface area contributed by atoms with Crippen LogP contribution in [-0.4, -0.2) is 0 Å². The number of hydrogen-bond acceptors (Lipinski definition) is 10. The molecule has 0 saturated heterocycles. The smallest absolute Gasteiger partial charge is 0.159 e. The van der Waals surface area contributed by atoms with Crippen LogP contribution in [0.25, 0.3) is 210 Å². The van der Waals surface area contributed by atoms with Crippen LogP contribution in [0.15, 0.2) is 484 Å². The molecule has 6 heterocycles. The van der Waals surface area contributed by atoms with E-state index in [4.69, 9.17) is 17.7 Å². The number of rotatable bonds is 14. The number of para-hydroxylation sites is 8. The van der Waals surface area contributed by atoms with Crippen LogP contribution in [0.4, 0.5) is 68.2 Å². The Labute approximate surface area is 858 Å². The first kappa shape index (κ1) is 83.4. The number of benzene rings is 23. The fraction of sp³-hybridized carbons (Fsp3) is 0.0580. The molecule has 3 atom stereocenters. The maximum atomic E-state index is 6.89. The summed E-state index contributed by atoms with van der Waals surface area (Å²) in [5, 5.41) is 26.2. The highest BCUT2D eigenvalue weighted by molar-refractivity contribution is 7.27. The second-order valence-electron chi connectivity index (χ2n) is 40.9. The third kappa shape index (κ3) is 12.6. The summed E-state index contributed by atoms with van der Waals surface area (Å²) in [4.78, 5) is 9.65. The van der Waals surface area contributed by atoms with Crippen LogP contribution in [0, 0.1) is 16.7 Å². The number of furan rings is 4. The quantitative estimate of drug-likeness (QED) is 0.0998. The largest absolute Gasteiger partial charge is 0.454 e. The van der Waals surface area contributed by atoms with Gasteiger partial charge < -0.3 is 37.3 Å². The van der Waals surface area contributed by atoms with Crippen molar-refractivity contribution in [2.75, 3.05) is 19.6 Å². The molecule has 0 N–H and O–H groups in total. The van der Waals surface area contributed by atoms with Gasteiger partial charge in [-0.25, -0.2) is 0 Å². The standard InChI is InChI=1S/C70H46N2O2S.C68H42N2O2S/c1-2-16-45-41(13-1)14-9-23-58(45)71(60-25-11-21-50-47-18-5-7-27-62(47)73-66(50)60)43-29-31-52-55(35-43)46-17-3-4-20-49(46)65-53-32-30-44(36-64(53)75-68(52)65)72(61-26-12-22-51-48-19-6-8-28-63(48)74-67(51)61)59-24-10-15-42-38-69-33-34-70(40-69)39-57(70)56(69)37-54(42)59;1-3-15-43(16-4-1)45-29-33-47(34-30-45)69(60-25-13-23-55-52-20-9-11-27-62(52)71-66(55)60)49-37-39-57-59(41-49)51-19-7-8-22-54(51)65-58-40-38-50(42-64(58)73-68(57)65)70(48-35-31-46(32-36-48)44-17-5-2-6-18-44)61-26-14-24-56-53-21-10-12-28-63(53)72-67(56)61/h1-32,35-37,57H,33-34,38-40H2;1-42H. The lowest BCUT2D eigenvalue weighted by Gasteiger charge is -2.37. The van der Waals surface area contributed by atoms with Crippen molar-refractivity contribution in [3.05, 3.63) is 478 Å². The predicted octanol–water partition coefficient (Wildman–Crippen LogP) is 40.8. The third-order valence-electron chi connectivity index (χ3n) is 33.0. The minimum absolute atomic E-state index is 0.358. The van der Waals surface area contributed by atoms with E-state index in [2.05, 4.69) is 475 Å². The number of hydrogen-bond donors (Lipinski definition) is 0. The molecule has 33 rings (SSSR count). The summed E-state index contributed by atoms with van der Waals surface area (Å²) in [6.45, 7) is 0. The maximum Gasteiger partial charge on any atom is 0.159 e. The lowest BCUT2D eigenvalue weighted by molar-refractivity contribution is 0.363. The highest BCUT2D eigenvalue weighted by Gasteiger charge is 2.72. The molecular weight excluding hydrogens is 1840 g/mol. The van der Waals surface area contributed by atoms with Gasteiger partial charge in [0.15, 0.2) is 22.3 Å². The number of allylic oxidation sites excluding steroid dienone is 1. The van der Waals surface area contributed by atoms with Gasteiger partial charge in [-0.3, -0.25) is 0 Å². The van der Waals surface area contributed by atoms with Gasteiger partial charge in [0.05, 0.1) is 34.1 Å². The second-order valence-corrected chi connectivity index (χ2v) is 43.0. The van der Waals surface area contributed by atoms with Crippen LogP contribution in [0.3, 0.4) is 0 Å². The van der Waals surface area contributed by atoms with E-state index in [1.165, 1.54) is 159 Å². The van der Waals surface area contributed by atoms with Gasteiger partial charge in [0.25, 0.3) is 0 Å². The summed E-state index contributed by atoms with van der Waals surface area (Å²) in [6.07, 6.45) is 9.33. The monoisotopic (exact) mass is 1930 g/mol. The third-order valence-corrected chi connectivity index (χ3v) is 35.4. The van der Waals surface area contributed by atoms with Gasteiger partial charge in [0.1, 0.15) is 22.3 Å². The zero-order valence-corrected chi connectivity index (χ0v) is 81.9. The molecule has 0 aliphatic heterocycles. The topological polar surface area (TPSA) is 65.5 Å². The van der Waals surface area contributed by atoms with Crippen LogP contribution >= 0.6 is 22.7 Å². The highest BCUT2D eigenvalue weighted by Crippen LogP contribution is 2.82. The molecule has 2 bridgehead atoms. The number of nitrogens with zero attached hydrogens (tertiary/aromatic N) is 4. The molecule has 6 aromatic heterocycles. The summed E-state index contributed by atoms with van der Waals surface area (Å²) >= 11 is 3.78. The van der Waals surface area contributed by atoms with Gasteiger partial charge >= 0.3 is 0 Å². The fourth-order valence-corrected chi connectivity index (χ4v) is 28.9. The molecule has 8 nitrogen and oxygen atoms in total. The molecule has 23 aromatic carbocycles. The molecule has 3 saturated carbocycles. The van der Waals surface area contributed by atoms with E-state index in [0.29, 0.717) is 10.8 Å². The van der Waals surface area contributed by atoms with Gasteiger partial charge in [0.2, 0.25) is 0 Å². The lowest BCUT2D eigenvalue weighted by atomic mass is 9.69. The minimum atomic E-state index is 0.358. The Bertz CT molecular complexity index is 10700. The number of fused-ring (bicyclic) bond motifs is 31. The zero-order chi connectivity index (χ0) is 96.7. The van der Waals surface area contributed by atoms with E-state index in [1.54, 1.807) is 5.57 Å². The van der Waals surface area contributed by atoms with Crippen molar-refractivity contribution in [3.63, 3.8) is 0 Å². The van der Waals surface area contributed by atoms with E-state index in [-0.39, 0.29) is 0 Å². The molecule has 696 valence electrons. The zero-order valence-electron chi connectivity index (χ0n) is 80.3. The molecule has 2 spiro atoms. The molecular formula is C138H88N4O4S2. The van der Waals surface area contributed by atoms with Gasteiger partial charge in [0, 0.05) is 139 Å². The summed E-state index contributed by atoms with van der Waals surface area (Å²) in [5.74, 6) is 0.766. The van der Waals surface area contributed by atoms with Crippen LogP contribution in [0.5, 0.6) is 0 Å². The van der Waals surface area contributed by atoms with Gasteiger partial charge in [-0.15, -0.1) is 22.7 Å². The van der Waals surface area contributed by atoms with Crippen molar-refractivity contribution in [3.8, 4) is 22.3 Å². The molecule has 0 amide bonds. The van der Waals surface area contributed by atoms with Crippen molar-refractivity contribution in [2.24, 2.45) is 16.7 Å². The normalized spacial score (nSPS) is 15.7. The minimum Gasteiger partial charge on any atom is -0.454 e. The highest BCUT2D eigenvalue weighted by atomic mass is 32.1. The van der Waals surface area contributed by atoms with Gasteiger partial charge in [-0.05, 0) is 248 Å². The summed E-state index contributed by atoms with van der Waals surface area (Å²) in [7, 11) is 0. The number of thiophene rings is 2. The van der Waals surface area contributed by atoms with Crippen molar-refractivity contribution in [2.45, 2.75) is 32.1 Å². The van der Waals surface area contributed by atoms with Crippen LogP contribution in [0.1, 0.15) is 36.8 Å². The molecule has 4 aliphatic carbocycles. The Morgan fingerprint density at radius 1 is 0.236 bits per heavy atom. The van der Waals surface area contributed by atoms with Gasteiger partial charge in [-0.2, -0.15) is 0 Å². The lowest BCUT2D eigenvalue weighted by Crippen LogP contribution is -2.26. The Morgan fingerprint density at radius 3 is 1.05 bits per heavy atom. The first-order valence-electron chi connectivity index (χ1n) is 51.3. The average Bonchev–Trinajstić information content (AvgIpc) is 1.48. The molecule has 3 unspecified atom stereocenters. The summed E-state index contributed by atoms with van der Waals surface area (Å²) < 4.78 is 32.2. The van der Waals surface area contributed by atoms with Crippen molar-refractivity contribution in [1.82, 2.24) is 0 Å².